The van der Waals surface area contributed by atoms with Gasteiger partial charge in [-0.15, -0.1) is 0 Å². The molecule has 0 aromatic heterocycles. The van der Waals surface area contributed by atoms with E-state index in [9.17, 15) is 4.79 Å². The lowest BCUT2D eigenvalue weighted by Crippen LogP contribution is -2.55. The molecule has 0 saturated carbocycles. The van der Waals surface area contributed by atoms with Gasteiger partial charge in [0.15, 0.2) is 0 Å². The highest BCUT2D eigenvalue weighted by Gasteiger charge is 2.29. The third-order valence-electron chi connectivity index (χ3n) is 7.24. The Morgan fingerprint density at radius 2 is 1.35 bits per heavy atom. The minimum atomic E-state index is -0.174. The molecule has 3 aromatic carbocycles. The van der Waals surface area contributed by atoms with Crippen molar-refractivity contribution in [3.8, 4) is 0 Å². The van der Waals surface area contributed by atoms with Gasteiger partial charge >= 0.3 is 6.03 Å². The van der Waals surface area contributed by atoms with Crippen molar-refractivity contribution in [3.05, 3.63) is 144 Å². The molecule has 37 heavy (non-hydrogen) atoms. The van der Waals surface area contributed by atoms with Crippen molar-refractivity contribution in [2.45, 2.75) is 24.9 Å². The van der Waals surface area contributed by atoms with Crippen molar-refractivity contribution in [1.82, 2.24) is 15.1 Å². The Morgan fingerprint density at radius 1 is 0.757 bits per heavy atom. The summed E-state index contributed by atoms with van der Waals surface area (Å²) >= 11 is 0. The fraction of sp³-hybridized carbons (Fsp3) is 0.242. The van der Waals surface area contributed by atoms with Crippen LogP contribution in [0, 0.1) is 0 Å². The van der Waals surface area contributed by atoms with Gasteiger partial charge in [-0.3, -0.25) is 4.90 Å². The van der Waals surface area contributed by atoms with Crippen molar-refractivity contribution in [1.29, 1.82) is 0 Å². The molecule has 1 atom stereocenters. The summed E-state index contributed by atoms with van der Waals surface area (Å²) in [5, 5.41) is 3.31. The molecular weight excluding hydrogens is 454 g/mol. The van der Waals surface area contributed by atoms with Crippen LogP contribution in [0.1, 0.15) is 29.2 Å². The number of carbonyl (C=O) groups is 1. The van der Waals surface area contributed by atoms with E-state index in [0.717, 1.165) is 37.1 Å². The van der Waals surface area contributed by atoms with E-state index in [2.05, 4.69) is 95.2 Å². The van der Waals surface area contributed by atoms with E-state index in [0.29, 0.717) is 13.1 Å². The van der Waals surface area contributed by atoms with Crippen LogP contribution in [0.25, 0.3) is 0 Å². The first kappa shape index (κ1) is 24.8. The summed E-state index contributed by atoms with van der Waals surface area (Å²) in [5.41, 5.74) is 4.85. The van der Waals surface area contributed by atoms with E-state index in [1.807, 2.05) is 41.3 Å². The Bertz CT molecular complexity index is 1190. The molecule has 4 nitrogen and oxygen atoms in total. The van der Waals surface area contributed by atoms with Crippen LogP contribution in [-0.2, 0) is 6.42 Å². The number of benzene rings is 3. The number of amides is 2. The maximum Gasteiger partial charge on any atom is 0.318 e. The van der Waals surface area contributed by atoms with Gasteiger partial charge in [0.2, 0.25) is 0 Å². The monoisotopic (exact) mass is 489 g/mol. The highest BCUT2D eigenvalue weighted by molar-refractivity contribution is 5.75. The first-order valence-electron chi connectivity index (χ1n) is 13.2. The van der Waals surface area contributed by atoms with Crippen LogP contribution in [0.3, 0.4) is 0 Å². The predicted molar refractivity (Wildman–Crippen MR) is 151 cm³/mol. The van der Waals surface area contributed by atoms with E-state index < -0.39 is 0 Å². The summed E-state index contributed by atoms with van der Waals surface area (Å²) in [7, 11) is 0. The number of carbonyl (C=O) groups excluding carboxylic acids is 1. The van der Waals surface area contributed by atoms with Gasteiger partial charge in [-0.2, -0.15) is 0 Å². The zero-order valence-corrected chi connectivity index (χ0v) is 21.2. The van der Waals surface area contributed by atoms with E-state index in [1.54, 1.807) is 0 Å². The number of rotatable bonds is 7. The van der Waals surface area contributed by atoms with Crippen LogP contribution in [0.5, 0.6) is 0 Å². The molecule has 2 amide bonds. The first-order valence-corrected chi connectivity index (χ1v) is 13.2. The first-order chi connectivity index (χ1) is 18.3. The molecule has 5 rings (SSSR count). The average Bonchev–Trinajstić information content (AvgIpc) is 3.26. The van der Waals surface area contributed by atoms with Crippen molar-refractivity contribution < 1.29 is 4.79 Å². The second-order valence-corrected chi connectivity index (χ2v) is 9.67. The fourth-order valence-corrected chi connectivity index (χ4v) is 5.21. The predicted octanol–water partition coefficient (Wildman–Crippen LogP) is 6.16. The van der Waals surface area contributed by atoms with Gasteiger partial charge in [-0.05, 0) is 35.1 Å². The molecule has 1 fully saturated rings. The van der Waals surface area contributed by atoms with Gasteiger partial charge in [0, 0.05) is 32.2 Å². The lowest BCUT2D eigenvalue weighted by atomic mass is 9.96. The molecule has 1 unspecified atom stereocenters. The number of nitrogens with zero attached hydrogens (tertiary/aromatic N) is 2. The normalized spacial score (nSPS) is 16.8. The fourth-order valence-electron chi connectivity index (χ4n) is 5.21. The second-order valence-electron chi connectivity index (χ2n) is 9.67. The molecule has 0 spiro atoms. The van der Waals surface area contributed by atoms with Gasteiger partial charge in [0.05, 0.1) is 6.04 Å². The molecule has 0 radical (unpaired) electrons. The van der Waals surface area contributed by atoms with Crippen molar-refractivity contribution in [2.75, 3.05) is 26.2 Å². The summed E-state index contributed by atoms with van der Waals surface area (Å²) in [6, 6.07) is 31.2. The van der Waals surface area contributed by atoms with Gasteiger partial charge < -0.3 is 10.2 Å². The maximum atomic E-state index is 13.4. The maximum absolute atomic E-state index is 13.4. The van der Waals surface area contributed by atoms with Crippen LogP contribution >= 0.6 is 0 Å². The molecule has 4 heteroatoms. The summed E-state index contributed by atoms with van der Waals surface area (Å²) in [6.07, 6.45) is 13.1. The lowest BCUT2D eigenvalue weighted by Gasteiger charge is -2.40. The van der Waals surface area contributed by atoms with Crippen molar-refractivity contribution in [2.24, 2.45) is 0 Å². The van der Waals surface area contributed by atoms with Crippen LogP contribution in [0.4, 0.5) is 4.79 Å². The highest BCUT2D eigenvalue weighted by Crippen LogP contribution is 2.24. The van der Waals surface area contributed by atoms with E-state index in [1.165, 1.54) is 11.1 Å². The van der Waals surface area contributed by atoms with Crippen LogP contribution in [0.15, 0.2) is 127 Å². The summed E-state index contributed by atoms with van der Waals surface area (Å²) in [5.74, 6) is 0. The number of piperazine rings is 1. The quantitative estimate of drug-likeness (QED) is 0.432. The highest BCUT2D eigenvalue weighted by atomic mass is 16.2. The SMILES string of the molecule is O=C(NC(c1ccccc1)c1ccccc1)N1CCN(C(Cc2ccccc2)C2=CC=CCC=C2)CC1. The molecule has 1 heterocycles. The smallest absolute Gasteiger partial charge is 0.318 e. The number of urea groups is 1. The second kappa shape index (κ2) is 12.4. The third-order valence-corrected chi connectivity index (χ3v) is 7.24. The molecule has 1 saturated heterocycles. The van der Waals surface area contributed by atoms with Crippen LogP contribution in [-0.4, -0.2) is 48.1 Å². The summed E-state index contributed by atoms with van der Waals surface area (Å²) < 4.78 is 0. The standard InChI is InChI=1S/C33H35N3O/c37-33(34-32(29-18-10-4-11-19-29)30-20-12-5-13-21-30)36-24-22-35(23-25-36)31(26-27-14-6-3-7-15-27)28-16-8-1-2-9-17-28/h1,3-21,31-32H,2,22-26H2,(H,34,37). The van der Waals surface area contributed by atoms with Crippen LogP contribution in [0.2, 0.25) is 0 Å². The Kier molecular flexibility index (Phi) is 8.29. The number of hydrogen-bond donors (Lipinski definition) is 1. The number of allylic oxidation sites excluding steroid dienone is 4. The largest absolute Gasteiger partial charge is 0.327 e. The minimum Gasteiger partial charge on any atom is -0.327 e. The Labute approximate surface area is 220 Å². The molecule has 1 aliphatic heterocycles. The molecular formula is C33H35N3O. The minimum absolute atomic E-state index is 0.00604. The Balaban J connectivity index is 1.28. The number of nitrogens with one attached hydrogen (secondary N) is 1. The van der Waals surface area contributed by atoms with E-state index >= 15 is 0 Å². The summed E-state index contributed by atoms with van der Waals surface area (Å²) in [4.78, 5) is 17.9. The van der Waals surface area contributed by atoms with Crippen LogP contribution < -0.4 is 5.32 Å². The molecule has 1 aliphatic carbocycles. The molecule has 3 aromatic rings. The van der Waals surface area contributed by atoms with Gasteiger partial charge in [0.25, 0.3) is 0 Å². The zero-order chi connectivity index (χ0) is 25.3. The Morgan fingerprint density at radius 3 is 1.97 bits per heavy atom. The van der Waals surface area contributed by atoms with E-state index in [-0.39, 0.29) is 18.1 Å². The Hall–Kier alpha value is -3.89. The van der Waals surface area contributed by atoms with Crippen molar-refractivity contribution >= 4 is 6.03 Å². The zero-order valence-electron chi connectivity index (χ0n) is 21.2. The third kappa shape index (κ3) is 6.46. The van der Waals surface area contributed by atoms with Gasteiger partial charge in [0.1, 0.15) is 0 Å². The molecule has 2 aliphatic rings. The average molecular weight is 490 g/mol. The molecule has 188 valence electrons. The lowest BCUT2D eigenvalue weighted by molar-refractivity contribution is 0.119. The molecule has 0 bridgehead atoms. The number of hydrogen-bond acceptors (Lipinski definition) is 2. The van der Waals surface area contributed by atoms with Crippen molar-refractivity contribution in [3.63, 3.8) is 0 Å². The van der Waals surface area contributed by atoms with Gasteiger partial charge in [-0.1, -0.05) is 121 Å². The summed E-state index contributed by atoms with van der Waals surface area (Å²) in [6.45, 7) is 3.11. The van der Waals surface area contributed by atoms with Gasteiger partial charge in [-0.25, -0.2) is 4.79 Å². The topological polar surface area (TPSA) is 35.6 Å². The van der Waals surface area contributed by atoms with E-state index in [4.69, 9.17) is 0 Å². The molecule has 1 N–H and O–H groups in total.